The van der Waals surface area contributed by atoms with Gasteiger partial charge in [0.2, 0.25) is 5.91 Å². The van der Waals surface area contributed by atoms with E-state index < -0.39 is 4.92 Å². The number of hydrogen-bond donors (Lipinski definition) is 1. The Hall–Kier alpha value is -2.64. The number of nitro groups is 1. The predicted octanol–water partition coefficient (Wildman–Crippen LogP) is 1.77. The second kappa shape index (κ2) is 5.63. The van der Waals surface area contributed by atoms with E-state index in [1.54, 1.807) is 14.1 Å². The number of benzene rings is 1. The highest BCUT2D eigenvalue weighted by atomic mass is 16.6. The Bertz CT molecular complexity index is 816. The molecule has 1 N–H and O–H groups in total. The third kappa shape index (κ3) is 2.72. The zero-order valence-electron chi connectivity index (χ0n) is 12.9. The van der Waals surface area contributed by atoms with Crippen LogP contribution in [0.25, 0.3) is 11.0 Å². The largest absolute Gasteiger partial charge is 0.328 e. The Labute approximate surface area is 126 Å². The molecular formula is C14H18N4O4. The van der Waals surface area contributed by atoms with Crippen molar-refractivity contribution in [3.63, 3.8) is 0 Å². The van der Waals surface area contributed by atoms with Crippen LogP contribution >= 0.6 is 0 Å². The number of aryl methyl sites for hydroxylation is 2. The summed E-state index contributed by atoms with van der Waals surface area (Å²) in [4.78, 5) is 34.5. The number of anilines is 1. The second-order valence-corrected chi connectivity index (χ2v) is 5.66. The van der Waals surface area contributed by atoms with Crippen molar-refractivity contribution in [3.8, 4) is 0 Å². The topological polar surface area (TPSA) is 99.2 Å². The van der Waals surface area contributed by atoms with Crippen molar-refractivity contribution in [1.82, 2.24) is 9.13 Å². The number of carbonyl (C=O) groups excluding carboxylic acids is 1. The Balaban J connectivity index is 2.59. The number of hydrogen-bond acceptors (Lipinski definition) is 4. The highest BCUT2D eigenvalue weighted by Gasteiger charge is 2.21. The number of carbonyl (C=O) groups is 1. The molecule has 0 aliphatic carbocycles. The van der Waals surface area contributed by atoms with Crippen LogP contribution in [-0.2, 0) is 18.9 Å². The van der Waals surface area contributed by atoms with E-state index in [1.165, 1.54) is 21.3 Å². The first-order valence-corrected chi connectivity index (χ1v) is 6.86. The van der Waals surface area contributed by atoms with Gasteiger partial charge in [-0.3, -0.25) is 24.0 Å². The van der Waals surface area contributed by atoms with Crippen molar-refractivity contribution >= 4 is 28.3 Å². The first-order chi connectivity index (χ1) is 10.2. The van der Waals surface area contributed by atoms with Crippen molar-refractivity contribution in [2.24, 2.45) is 20.0 Å². The van der Waals surface area contributed by atoms with E-state index in [9.17, 15) is 19.7 Å². The maximum Gasteiger partial charge on any atom is 0.328 e. The van der Waals surface area contributed by atoms with Gasteiger partial charge in [-0.1, -0.05) is 13.8 Å². The summed E-state index contributed by atoms with van der Waals surface area (Å²) in [6.45, 7) is 3.77. The first kappa shape index (κ1) is 15.7. The molecule has 1 amide bonds. The highest BCUT2D eigenvalue weighted by Crippen LogP contribution is 2.29. The molecule has 0 aliphatic heterocycles. The van der Waals surface area contributed by atoms with Crippen LogP contribution in [0, 0.1) is 16.0 Å². The van der Waals surface area contributed by atoms with Gasteiger partial charge in [-0.15, -0.1) is 0 Å². The lowest BCUT2D eigenvalue weighted by Crippen LogP contribution is -2.19. The third-order valence-electron chi connectivity index (χ3n) is 3.45. The second-order valence-electron chi connectivity index (χ2n) is 5.66. The smallest absolute Gasteiger partial charge is 0.320 e. The van der Waals surface area contributed by atoms with Gasteiger partial charge < -0.3 is 5.32 Å². The quantitative estimate of drug-likeness (QED) is 0.687. The van der Waals surface area contributed by atoms with E-state index in [1.807, 2.05) is 13.8 Å². The van der Waals surface area contributed by atoms with Gasteiger partial charge in [0.25, 0.3) is 5.69 Å². The molecule has 0 unspecified atom stereocenters. The predicted molar refractivity (Wildman–Crippen MR) is 82.9 cm³/mol. The van der Waals surface area contributed by atoms with Gasteiger partial charge in [0.1, 0.15) is 5.69 Å². The number of nitrogens with zero attached hydrogens (tertiary/aromatic N) is 3. The van der Waals surface area contributed by atoms with Crippen LogP contribution < -0.4 is 11.0 Å². The Morgan fingerprint density at radius 3 is 2.32 bits per heavy atom. The summed E-state index contributed by atoms with van der Waals surface area (Å²) in [5, 5.41) is 13.8. The van der Waals surface area contributed by atoms with Crippen LogP contribution in [0.4, 0.5) is 11.4 Å². The van der Waals surface area contributed by atoms with E-state index in [0.717, 1.165) is 0 Å². The van der Waals surface area contributed by atoms with E-state index in [0.29, 0.717) is 11.0 Å². The molecule has 0 saturated heterocycles. The standard InChI is InChI=1S/C14H18N4O4/c1-8(2)5-13(19)15-9-6-11-12(7-10(9)18(21)22)17(4)14(20)16(11)3/h6-8H,5H2,1-4H3,(H,15,19). The molecule has 0 bridgehead atoms. The molecule has 0 fully saturated rings. The minimum Gasteiger partial charge on any atom is -0.320 e. The molecule has 2 aromatic rings. The molecule has 8 nitrogen and oxygen atoms in total. The summed E-state index contributed by atoms with van der Waals surface area (Å²) in [7, 11) is 3.13. The van der Waals surface area contributed by atoms with Gasteiger partial charge in [0, 0.05) is 26.6 Å². The van der Waals surface area contributed by atoms with Crippen LogP contribution in [0.5, 0.6) is 0 Å². The van der Waals surface area contributed by atoms with Gasteiger partial charge in [-0.05, 0) is 12.0 Å². The van der Waals surface area contributed by atoms with E-state index in [-0.39, 0.29) is 35.3 Å². The molecule has 0 atom stereocenters. The zero-order valence-corrected chi connectivity index (χ0v) is 12.9. The summed E-state index contributed by atoms with van der Waals surface area (Å²) in [5.41, 5.74) is 0.559. The van der Waals surface area contributed by atoms with Crippen LogP contribution in [0.1, 0.15) is 20.3 Å². The molecule has 1 aromatic heterocycles. The average Bonchev–Trinajstić information content (AvgIpc) is 2.62. The summed E-state index contributed by atoms with van der Waals surface area (Å²) in [6.07, 6.45) is 0.267. The van der Waals surface area contributed by atoms with E-state index in [2.05, 4.69) is 5.32 Å². The van der Waals surface area contributed by atoms with Gasteiger partial charge >= 0.3 is 5.69 Å². The molecule has 0 radical (unpaired) electrons. The molecule has 0 aliphatic rings. The van der Waals surface area contributed by atoms with E-state index in [4.69, 9.17) is 0 Å². The summed E-state index contributed by atoms with van der Waals surface area (Å²) in [5.74, 6) is -0.151. The normalized spacial score (nSPS) is 11.1. The van der Waals surface area contributed by atoms with Crippen LogP contribution in [-0.4, -0.2) is 20.0 Å². The Morgan fingerprint density at radius 1 is 1.27 bits per heavy atom. The van der Waals surface area contributed by atoms with Gasteiger partial charge in [-0.2, -0.15) is 0 Å². The summed E-state index contributed by atoms with van der Waals surface area (Å²) in [6, 6.07) is 2.77. The van der Waals surface area contributed by atoms with Crippen molar-refractivity contribution in [2.75, 3.05) is 5.32 Å². The molecular weight excluding hydrogens is 288 g/mol. The lowest BCUT2D eigenvalue weighted by Gasteiger charge is -2.08. The maximum absolute atomic E-state index is 11.9. The summed E-state index contributed by atoms with van der Waals surface area (Å²) >= 11 is 0. The molecule has 0 spiro atoms. The highest BCUT2D eigenvalue weighted by molar-refractivity contribution is 5.96. The lowest BCUT2D eigenvalue weighted by atomic mass is 10.1. The fraction of sp³-hybridized carbons (Fsp3) is 0.429. The number of aromatic nitrogens is 2. The third-order valence-corrected chi connectivity index (χ3v) is 3.45. The molecule has 1 heterocycles. The van der Waals surface area contributed by atoms with Gasteiger partial charge in [0.15, 0.2) is 0 Å². The number of nitrogens with one attached hydrogen (secondary N) is 1. The van der Waals surface area contributed by atoms with Crippen LogP contribution in [0.15, 0.2) is 16.9 Å². The fourth-order valence-corrected chi connectivity index (χ4v) is 2.36. The van der Waals surface area contributed by atoms with Crippen LogP contribution in [0.2, 0.25) is 0 Å². The Morgan fingerprint density at radius 2 is 1.82 bits per heavy atom. The van der Waals surface area contributed by atoms with E-state index >= 15 is 0 Å². The van der Waals surface area contributed by atoms with Gasteiger partial charge in [-0.25, -0.2) is 4.79 Å². The minimum atomic E-state index is -0.568. The van der Waals surface area contributed by atoms with Crippen molar-refractivity contribution in [3.05, 3.63) is 32.7 Å². The van der Waals surface area contributed by atoms with Gasteiger partial charge in [0.05, 0.1) is 16.0 Å². The molecule has 1 aromatic carbocycles. The lowest BCUT2D eigenvalue weighted by molar-refractivity contribution is -0.383. The SMILES string of the molecule is CC(C)CC(=O)Nc1cc2c(cc1[N+](=O)[O-])n(C)c(=O)n2C. The minimum absolute atomic E-state index is 0.101. The number of imidazole rings is 1. The zero-order chi connectivity index (χ0) is 16.6. The average molecular weight is 306 g/mol. The number of nitro benzene ring substituents is 1. The number of amides is 1. The molecule has 2 rings (SSSR count). The fourth-order valence-electron chi connectivity index (χ4n) is 2.36. The van der Waals surface area contributed by atoms with Crippen LogP contribution in [0.3, 0.4) is 0 Å². The van der Waals surface area contributed by atoms with Crippen molar-refractivity contribution < 1.29 is 9.72 Å². The molecule has 22 heavy (non-hydrogen) atoms. The molecule has 8 heteroatoms. The Kier molecular flexibility index (Phi) is 4.03. The number of rotatable bonds is 4. The van der Waals surface area contributed by atoms with Crippen molar-refractivity contribution in [2.45, 2.75) is 20.3 Å². The van der Waals surface area contributed by atoms with Crippen molar-refractivity contribution in [1.29, 1.82) is 0 Å². The first-order valence-electron chi connectivity index (χ1n) is 6.86. The number of fused-ring (bicyclic) bond motifs is 1. The summed E-state index contributed by atoms with van der Waals surface area (Å²) < 4.78 is 2.72. The molecule has 0 saturated carbocycles. The monoisotopic (exact) mass is 306 g/mol. The molecule has 118 valence electrons. The maximum atomic E-state index is 11.9.